The van der Waals surface area contributed by atoms with Crippen LogP contribution in [-0.2, 0) is 10.8 Å². The molecule has 1 aliphatic heterocycles. The highest BCUT2D eigenvalue weighted by molar-refractivity contribution is 6.63. The lowest BCUT2D eigenvalue weighted by Gasteiger charge is -2.43. The molecule has 1 aromatic carbocycles. The maximum absolute atomic E-state index is 7.22. The predicted octanol–water partition coefficient (Wildman–Crippen LogP) is 14.5. The maximum atomic E-state index is 7.22. The number of hydrogen-bond donors (Lipinski definition) is 0. The van der Waals surface area contributed by atoms with E-state index in [0.29, 0.717) is 12.5 Å². The van der Waals surface area contributed by atoms with Gasteiger partial charge in [0.25, 0.3) is 0 Å². The summed E-state index contributed by atoms with van der Waals surface area (Å²) in [7, 11) is 2.35. The Balaban J connectivity index is 1.80. The maximum Gasteiger partial charge on any atom is 0.191 e. The lowest BCUT2D eigenvalue weighted by molar-refractivity contribution is 0.317. The molecule has 2 aromatic rings. The van der Waals surface area contributed by atoms with E-state index in [1.54, 1.807) is 0 Å². The van der Waals surface area contributed by atoms with Crippen molar-refractivity contribution >= 4 is 29.6 Å². The normalized spacial score (nSPS) is 24.9. The van der Waals surface area contributed by atoms with Crippen molar-refractivity contribution in [1.29, 1.82) is 0 Å². The molecule has 0 amide bonds. The van der Waals surface area contributed by atoms with Crippen molar-refractivity contribution in [2.75, 3.05) is 11.4 Å². The van der Waals surface area contributed by atoms with Crippen LogP contribution < -0.4 is 10.4 Å². The van der Waals surface area contributed by atoms with Gasteiger partial charge in [0.15, 0.2) is 13.2 Å². The molecule has 0 fully saturated rings. The van der Waals surface area contributed by atoms with Gasteiger partial charge >= 0.3 is 0 Å². The van der Waals surface area contributed by atoms with E-state index in [4.69, 9.17) is 4.42 Å². The first kappa shape index (κ1) is 45.7. The quantitative estimate of drug-likeness (QED) is 0.165. The first-order valence-electron chi connectivity index (χ1n) is 22.3. The van der Waals surface area contributed by atoms with Gasteiger partial charge in [-0.15, -0.1) is 6.58 Å². The molecule has 3 unspecified atom stereocenters. The second-order valence-corrected chi connectivity index (χ2v) is 23.3. The zero-order chi connectivity index (χ0) is 43.6. The smallest absolute Gasteiger partial charge is 0.191 e. The number of anilines is 1. The molecule has 1 radical (unpaired) electrons. The van der Waals surface area contributed by atoms with Crippen molar-refractivity contribution in [2.24, 2.45) is 27.6 Å². The molecule has 0 saturated heterocycles. The van der Waals surface area contributed by atoms with Gasteiger partial charge in [-0.25, -0.2) is 0 Å². The fraction of sp³-hybridized carbons (Fsp3) is 0.593. The minimum Gasteiger partial charge on any atom is -0.441 e. The minimum atomic E-state index is -0.0423. The molecule has 0 bridgehead atoms. The second-order valence-electron chi connectivity index (χ2n) is 23.3. The Morgan fingerprint density at radius 3 is 1.91 bits per heavy atom. The highest BCUT2D eigenvalue weighted by Crippen LogP contribution is 2.49. The highest BCUT2D eigenvalue weighted by atomic mass is 16.4. The van der Waals surface area contributed by atoms with Gasteiger partial charge in [-0.05, 0) is 129 Å². The zero-order valence-corrected chi connectivity index (χ0v) is 40.4. The lowest BCUT2D eigenvalue weighted by atomic mass is 9.62. The summed E-state index contributed by atoms with van der Waals surface area (Å²) in [6.07, 6.45) is 19.9. The summed E-state index contributed by atoms with van der Waals surface area (Å²) in [5.74, 6) is 3.59. The number of rotatable bonds is 6. The van der Waals surface area contributed by atoms with Crippen LogP contribution in [0.5, 0.6) is 0 Å². The first-order valence-corrected chi connectivity index (χ1v) is 22.3. The minimum absolute atomic E-state index is 0.00733. The average molecular weight is 784 g/mol. The number of nitrogens with zero attached hydrogens (tertiary/aromatic N) is 2. The lowest BCUT2D eigenvalue weighted by Crippen LogP contribution is -2.41. The summed E-state index contributed by atoms with van der Waals surface area (Å²) in [5.41, 5.74) is 12.2. The third-order valence-corrected chi connectivity index (χ3v) is 13.3. The monoisotopic (exact) mass is 784 g/mol. The molecule has 4 heteroatoms. The fourth-order valence-corrected chi connectivity index (χ4v) is 9.83. The van der Waals surface area contributed by atoms with E-state index in [9.17, 15) is 0 Å². The van der Waals surface area contributed by atoms with Crippen LogP contribution in [0.3, 0.4) is 0 Å². The molecule has 3 aliphatic rings. The zero-order valence-electron chi connectivity index (χ0n) is 40.4. The Hall–Kier alpha value is -3.40. The third-order valence-electron chi connectivity index (χ3n) is 13.3. The van der Waals surface area contributed by atoms with E-state index in [2.05, 4.69) is 216 Å². The number of fused-ring (bicyclic) bond motifs is 4. The van der Waals surface area contributed by atoms with Crippen LogP contribution in [0.2, 0.25) is 0 Å². The first-order chi connectivity index (χ1) is 26.5. The molecule has 0 saturated carbocycles. The Kier molecular flexibility index (Phi) is 12.5. The summed E-state index contributed by atoms with van der Waals surface area (Å²) in [4.78, 5) is 5.05. The van der Waals surface area contributed by atoms with E-state index >= 15 is 0 Å². The highest BCUT2D eigenvalue weighted by Gasteiger charge is 2.40. The van der Waals surface area contributed by atoms with Crippen LogP contribution in [0.25, 0.3) is 11.0 Å². The average Bonchev–Trinajstić information content (AvgIpc) is 3.43. The Bertz CT molecular complexity index is 2060. The Morgan fingerprint density at radius 2 is 1.40 bits per heavy atom. The van der Waals surface area contributed by atoms with Crippen LogP contribution in [0, 0.1) is 27.6 Å². The summed E-state index contributed by atoms with van der Waals surface area (Å²) >= 11 is 0. The van der Waals surface area contributed by atoms with Gasteiger partial charge in [0.1, 0.15) is 5.58 Å². The van der Waals surface area contributed by atoms with Crippen molar-refractivity contribution in [3.05, 3.63) is 106 Å². The third kappa shape index (κ3) is 9.17. The van der Waals surface area contributed by atoms with Crippen LogP contribution in [0.1, 0.15) is 162 Å². The molecule has 315 valence electrons. The SMILES string of the molecule is C=CCC1/C=C/N(C2C=C(C(C)(C)C)C(C(C)(C)C)=CC2C)/C(C)=C\[B]c2c(oc3cc4c(cc23)C(C)(C)CCC4(C)C)N1C/C=C(\C(=C/C)C(C)(C)C)C(C)(C)C. The van der Waals surface area contributed by atoms with Gasteiger partial charge in [-0.2, -0.15) is 0 Å². The predicted molar refractivity (Wildman–Crippen MR) is 256 cm³/mol. The fourth-order valence-electron chi connectivity index (χ4n) is 9.83. The molecule has 5 rings (SSSR count). The molecular weight excluding hydrogens is 703 g/mol. The van der Waals surface area contributed by atoms with Crippen molar-refractivity contribution < 1.29 is 4.42 Å². The summed E-state index contributed by atoms with van der Waals surface area (Å²) in [5, 5.41) is 1.20. The molecule has 3 nitrogen and oxygen atoms in total. The summed E-state index contributed by atoms with van der Waals surface area (Å²) < 4.78 is 7.22. The molecule has 2 heterocycles. The largest absolute Gasteiger partial charge is 0.441 e. The van der Waals surface area contributed by atoms with Gasteiger partial charge in [-0.1, -0.05) is 154 Å². The van der Waals surface area contributed by atoms with Gasteiger partial charge in [0.05, 0.1) is 12.1 Å². The molecule has 0 N–H and O–H groups in total. The van der Waals surface area contributed by atoms with Crippen molar-refractivity contribution in [3.63, 3.8) is 0 Å². The van der Waals surface area contributed by atoms with Crippen molar-refractivity contribution in [1.82, 2.24) is 4.90 Å². The van der Waals surface area contributed by atoms with Gasteiger partial charge in [0.2, 0.25) is 0 Å². The topological polar surface area (TPSA) is 19.6 Å². The Labute approximate surface area is 356 Å². The van der Waals surface area contributed by atoms with Gasteiger partial charge < -0.3 is 14.2 Å². The van der Waals surface area contributed by atoms with Crippen LogP contribution in [0.4, 0.5) is 5.88 Å². The standard InChI is InChI=1S/C54H80BN2O/c1-21-23-37-24-28-56(45-32-42(52(14,15)16)41(30-35(45)3)51(11,12)13)36(4)34-55-47-38-31-43-44(54(19,20)27-26-53(43,17)18)33-46(38)58-48(47)57(37)29-25-40(50(8,9)10)39(22-2)49(5,6)7/h21-22,24-25,28,30-35,37,45H,1,23,26-27,29H2,2-20H3/b28-24+,36-34-,39-22+,40-25+. The molecular formula is C54H80BN2O. The molecule has 0 spiro atoms. The molecule has 3 atom stereocenters. The van der Waals surface area contributed by atoms with Crippen molar-refractivity contribution in [2.45, 2.75) is 174 Å². The summed E-state index contributed by atoms with van der Waals surface area (Å²) in [6.45, 7) is 49.8. The van der Waals surface area contributed by atoms with E-state index < -0.39 is 0 Å². The van der Waals surface area contributed by atoms with E-state index in [1.165, 1.54) is 57.3 Å². The molecule has 2 aliphatic carbocycles. The number of hydrogen-bond acceptors (Lipinski definition) is 3. The summed E-state index contributed by atoms with van der Waals surface area (Å²) in [6, 6.07) is 5.06. The van der Waals surface area contributed by atoms with E-state index in [1.807, 2.05) is 0 Å². The van der Waals surface area contributed by atoms with Crippen LogP contribution in [0.15, 0.2) is 99.7 Å². The number of benzene rings is 1. The Morgan fingerprint density at radius 1 is 0.845 bits per heavy atom. The van der Waals surface area contributed by atoms with Crippen molar-refractivity contribution in [3.8, 4) is 0 Å². The molecule has 58 heavy (non-hydrogen) atoms. The van der Waals surface area contributed by atoms with E-state index in [-0.39, 0.29) is 44.6 Å². The second kappa shape index (κ2) is 15.9. The number of allylic oxidation sites excluding steroid dienone is 6. The molecule has 1 aromatic heterocycles. The van der Waals surface area contributed by atoms with Gasteiger partial charge in [-0.3, -0.25) is 0 Å². The van der Waals surface area contributed by atoms with Crippen LogP contribution >= 0.6 is 0 Å². The number of furan rings is 1. The van der Waals surface area contributed by atoms with E-state index in [0.717, 1.165) is 23.4 Å². The van der Waals surface area contributed by atoms with Crippen LogP contribution in [-0.4, -0.2) is 30.8 Å². The van der Waals surface area contributed by atoms with Gasteiger partial charge in [0, 0.05) is 23.8 Å².